The smallest absolute Gasteiger partial charge is 0.365 e. The van der Waals surface area contributed by atoms with Crippen LogP contribution in [0.2, 0.25) is 0 Å². The number of aryl methyl sites for hydroxylation is 1. The van der Waals surface area contributed by atoms with Crippen molar-refractivity contribution in [2.75, 3.05) is 0 Å². The fourth-order valence-electron chi connectivity index (χ4n) is 4.30. The van der Waals surface area contributed by atoms with Gasteiger partial charge in [0, 0.05) is 34.7 Å². The van der Waals surface area contributed by atoms with Gasteiger partial charge in [0.2, 0.25) is 0 Å². The van der Waals surface area contributed by atoms with Crippen LogP contribution in [0.4, 0.5) is 13.2 Å². The minimum Gasteiger partial charge on any atom is -0.365 e. The second-order valence-corrected chi connectivity index (χ2v) is 10.1. The number of nitrogens with zero attached hydrogens (tertiary/aromatic N) is 2. The zero-order chi connectivity index (χ0) is 25.3. The summed E-state index contributed by atoms with van der Waals surface area (Å²) in [5.41, 5.74) is 4.43. The van der Waals surface area contributed by atoms with Crippen LogP contribution in [0.5, 0.6) is 0 Å². The van der Waals surface area contributed by atoms with Crippen LogP contribution in [0, 0.1) is 0 Å². The van der Waals surface area contributed by atoms with Gasteiger partial charge in [0.1, 0.15) is 4.32 Å². The van der Waals surface area contributed by atoms with Crippen LogP contribution >= 0.6 is 24.0 Å². The first-order valence-electron chi connectivity index (χ1n) is 11.3. The summed E-state index contributed by atoms with van der Waals surface area (Å²) < 4.78 is 42.1. The maximum absolute atomic E-state index is 13.1. The van der Waals surface area contributed by atoms with Crippen molar-refractivity contribution in [3.63, 3.8) is 0 Å². The van der Waals surface area contributed by atoms with Gasteiger partial charge in [-0.2, -0.15) is 13.2 Å². The summed E-state index contributed by atoms with van der Waals surface area (Å²) in [6, 6.07) is 25.3. The summed E-state index contributed by atoms with van der Waals surface area (Å²) in [5, 5.41) is 5.33. The van der Waals surface area contributed by atoms with E-state index < -0.39 is 11.7 Å². The summed E-state index contributed by atoms with van der Waals surface area (Å²) in [4.78, 5) is 4.88. The predicted octanol–water partition coefficient (Wildman–Crippen LogP) is 7.72. The van der Waals surface area contributed by atoms with E-state index in [9.17, 15) is 13.2 Å². The normalized spacial score (nSPS) is 11.8. The summed E-state index contributed by atoms with van der Waals surface area (Å²) in [5.74, 6) is 0.763. The van der Waals surface area contributed by atoms with Crippen molar-refractivity contribution < 1.29 is 13.2 Å². The van der Waals surface area contributed by atoms with Crippen LogP contribution in [-0.2, 0) is 25.5 Å². The molecule has 0 spiro atoms. The van der Waals surface area contributed by atoms with Gasteiger partial charge in [-0.25, -0.2) is 4.98 Å². The quantitative estimate of drug-likeness (QED) is 0.240. The van der Waals surface area contributed by atoms with Crippen molar-refractivity contribution in [1.82, 2.24) is 14.9 Å². The van der Waals surface area contributed by atoms with Gasteiger partial charge in [0.05, 0.1) is 29.0 Å². The Hall–Kier alpha value is -3.36. The van der Waals surface area contributed by atoms with E-state index in [1.165, 1.54) is 17.7 Å². The van der Waals surface area contributed by atoms with Crippen molar-refractivity contribution in [2.45, 2.75) is 18.5 Å². The Bertz CT molecular complexity index is 1540. The van der Waals surface area contributed by atoms with Crippen molar-refractivity contribution in [3.8, 4) is 11.3 Å². The maximum atomic E-state index is 13.1. The molecule has 0 atom stereocenters. The molecule has 0 saturated carbocycles. The molecule has 0 radical (unpaired) electrons. The molecule has 5 rings (SSSR count). The molecule has 0 aliphatic carbocycles. The zero-order valence-corrected chi connectivity index (χ0v) is 21.0. The van der Waals surface area contributed by atoms with Gasteiger partial charge >= 0.3 is 6.18 Å². The Morgan fingerprint density at radius 2 is 1.64 bits per heavy atom. The molecule has 0 amide bonds. The van der Waals surface area contributed by atoms with Gasteiger partial charge in [0.15, 0.2) is 0 Å². The number of benzene rings is 3. The van der Waals surface area contributed by atoms with E-state index in [4.69, 9.17) is 17.2 Å². The number of thiocarbonyl (C=S) groups is 1. The number of thioether (sulfide) groups is 1. The summed E-state index contributed by atoms with van der Waals surface area (Å²) in [6.07, 6.45) is -4.39. The third kappa shape index (κ3) is 4.96. The Kier molecular flexibility index (Phi) is 6.73. The molecule has 1 N–H and O–H groups in total. The maximum Gasteiger partial charge on any atom is 0.416 e. The number of nitrogens with one attached hydrogen (secondary N) is 1. The molecule has 182 valence electrons. The van der Waals surface area contributed by atoms with Gasteiger partial charge in [-0.15, -0.1) is 0 Å². The van der Waals surface area contributed by atoms with Gasteiger partial charge in [0.25, 0.3) is 0 Å². The second kappa shape index (κ2) is 9.95. The van der Waals surface area contributed by atoms with Gasteiger partial charge < -0.3 is 9.88 Å². The van der Waals surface area contributed by atoms with Crippen LogP contribution < -0.4 is 5.32 Å². The highest BCUT2D eigenvalue weighted by Gasteiger charge is 2.30. The molecule has 0 aliphatic heterocycles. The van der Waals surface area contributed by atoms with Gasteiger partial charge in [-0.1, -0.05) is 84.6 Å². The first kappa shape index (κ1) is 24.3. The SMILES string of the molecule is Cn1c2ccccc2c2cc(CNC(=S)SCc3ccccc3)nc(-c3ccc(C(F)(F)F)cc3)c21. The topological polar surface area (TPSA) is 29.9 Å². The van der Waals surface area contributed by atoms with Crippen molar-refractivity contribution in [3.05, 3.63) is 102 Å². The number of hydrogen-bond acceptors (Lipinski definition) is 3. The molecule has 36 heavy (non-hydrogen) atoms. The van der Waals surface area contributed by atoms with E-state index in [0.29, 0.717) is 22.1 Å². The number of pyridine rings is 1. The minimum atomic E-state index is -4.39. The molecule has 2 heterocycles. The molecular formula is C28H22F3N3S2. The lowest BCUT2D eigenvalue weighted by atomic mass is 10.0. The first-order valence-corrected chi connectivity index (χ1v) is 12.7. The highest BCUT2D eigenvalue weighted by atomic mass is 32.2. The fourth-order valence-corrected chi connectivity index (χ4v) is 5.21. The zero-order valence-electron chi connectivity index (χ0n) is 19.3. The molecule has 3 aromatic carbocycles. The molecule has 5 aromatic rings. The van der Waals surface area contributed by atoms with E-state index in [-0.39, 0.29) is 0 Å². The second-order valence-electron chi connectivity index (χ2n) is 8.42. The monoisotopic (exact) mass is 521 g/mol. The van der Waals surface area contributed by atoms with Crippen LogP contribution in [0.25, 0.3) is 33.1 Å². The highest BCUT2D eigenvalue weighted by Crippen LogP contribution is 2.36. The Morgan fingerprint density at radius 1 is 0.944 bits per heavy atom. The first-order chi connectivity index (χ1) is 17.3. The van der Waals surface area contributed by atoms with Crippen LogP contribution in [-0.4, -0.2) is 13.9 Å². The Balaban J connectivity index is 1.49. The molecular weight excluding hydrogens is 499 g/mol. The molecule has 0 aliphatic rings. The third-order valence-corrected chi connectivity index (χ3v) is 7.43. The standard InChI is InChI=1S/C28H22F3N3S2/c1-34-24-10-6-5-9-22(24)23-15-21(16-32-27(35)36-17-18-7-3-2-4-8-18)33-25(26(23)34)19-11-13-20(14-12-19)28(29,30)31/h2-15H,16-17H2,1H3,(H,32,35). The van der Waals surface area contributed by atoms with Crippen molar-refractivity contribution >= 4 is 50.1 Å². The van der Waals surface area contributed by atoms with Crippen LogP contribution in [0.3, 0.4) is 0 Å². The summed E-state index contributed by atoms with van der Waals surface area (Å²) in [6.45, 7) is 0.410. The third-order valence-electron chi connectivity index (χ3n) is 6.05. The largest absolute Gasteiger partial charge is 0.416 e. The predicted molar refractivity (Wildman–Crippen MR) is 146 cm³/mol. The molecule has 2 aromatic heterocycles. The van der Waals surface area contributed by atoms with E-state index in [2.05, 4.69) is 17.4 Å². The number of rotatable bonds is 5. The number of halogens is 3. The average Bonchev–Trinajstić information content (AvgIpc) is 3.18. The van der Waals surface area contributed by atoms with E-state index in [1.54, 1.807) is 11.8 Å². The van der Waals surface area contributed by atoms with Crippen molar-refractivity contribution in [2.24, 2.45) is 7.05 Å². The lowest BCUT2D eigenvalue weighted by Crippen LogP contribution is -2.18. The van der Waals surface area contributed by atoms with Crippen LogP contribution in [0.1, 0.15) is 16.8 Å². The number of aromatic nitrogens is 2. The van der Waals surface area contributed by atoms with Crippen molar-refractivity contribution in [1.29, 1.82) is 0 Å². The van der Waals surface area contributed by atoms with Gasteiger partial charge in [-0.3, -0.25) is 0 Å². The molecule has 0 bridgehead atoms. The highest BCUT2D eigenvalue weighted by molar-refractivity contribution is 8.22. The number of para-hydroxylation sites is 1. The lowest BCUT2D eigenvalue weighted by Gasteiger charge is -2.12. The van der Waals surface area contributed by atoms with E-state index in [1.807, 2.05) is 60.1 Å². The number of alkyl halides is 3. The Morgan fingerprint density at radius 3 is 2.36 bits per heavy atom. The molecule has 0 unspecified atom stereocenters. The molecule has 0 saturated heterocycles. The number of fused-ring (bicyclic) bond motifs is 3. The average molecular weight is 522 g/mol. The summed E-state index contributed by atoms with van der Waals surface area (Å²) in [7, 11) is 1.95. The lowest BCUT2D eigenvalue weighted by molar-refractivity contribution is -0.137. The van der Waals surface area contributed by atoms with E-state index >= 15 is 0 Å². The van der Waals surface area contributed by atoms with Crippen LogP contribution in [0.15, 0.2) is 84.9 Å². The number of hydrogen-bond donors (Lipinski definition) is 1. The minimum absolute atomic E-state index is 0.410. The molecule has 0 fully saturated rings. The van der Waals surface area contributed by atoms with Gasteiger partial charge in [-0.05, 0) is 29.8 Å². The van der Waals surface area contributed by atoms with E-state index in [0.717, 1.165) is 45.4 Å². The molecule has 3 nitrogen and oxygen atoms in total. The molecule has 8 heteroatoms. The summed E-state index contributed by atoms with van der Waals surface area (Å²) >= 11 is 7.06. The fraction of sp³-hybridized carbons (Fsp3) is 0.143. The Labute approximate surface area is 216 Å².